The average molecular weight is 260 g/mol. The fourth-order valence-electron chi connectivity index (χ4n) is 4.19. The van der Waals surface area contributed by atoms with E-state index in [4.69, 9.17) is 4.74 Å². The lowest BCUT2D eigenvalue weighted by atomic mass is 9.79. The van der Waals surface area contributed by atoms with Crippen molar-refractivity contribution in [1.29, 1.82) is 0 Å². The van der Waals surface area contributed by atoms with E-state index in [1.54, 1.807) is 7.11 Å². The van der Waals surface area contributed by atoms with E-state index in [-0.39, 0.29) is 0 Å². The topological polar surface area (TPSA) is 29.5 Å². The van der Waals surface area contributed by atoms with Crippen LogP contribution in [0.3, 0.4) is 0 Å². The molecule has 2 atom stereocenters. The van der Waals surface area contributed by atoms with Crippen molar-refractivity contribution in [1.82, 2.24) is 0 Å². The number of ether oxygens (including phenoxy) is 1. The molecule has 0 radical (unpaired) electrons. The van der Waals surface area contributed by atoms with Gasteiger partial charge in [-0.15, -0.1) is 0 Å². The molecule has 19 heavy (non-hydrogen) atoms. The molecule has 2 aliphatic carbocycles. The Labute approximate surface area is 115 Å². The summed E-state index contributed by atoms with van der Waals surface area (Å²) in [5.41, 5.74) is 2.46. The van der Waals surface area contributed by atoms with Gasteiger partial charge in [-0.3, -0.25) is 0 Å². The molecule has 1 aromatic carbocycles. The second kappa shape index (κ2) is 5.26. The van der Waals surface area contributed by atoms with Crippen LogP contribution < -0.4 is 0 Å². The van der Waals surface area contributed by atoms with Crippen LogP contribution in [0.1, 0.15) is 36.8 Å². The molecule has 2 unspecified atom stereocenters. The lowest BCUT2D eigenvalue weighted by Gasteiger charge is -2.34. The zero-order valence-corrected chi connectivity index (χ0v) is 11.8. The zero-order valence-electron chi connectivity index (χ0n) is 11.8. The van der Waals surface area contributed by atoms with Gasteiger partial charge in [-0.2, -0.15) is 0 Å². The maximum Gasteiger partial charge on any atom is 0.0711 e. The van der Waals surface area contributed by atoms with Crippen molar-refractivity contribution in [2.24, 2.45) is 11.8 Å². The fraction of sp³-hybridized carbons (Fsp3) is 0.647. The molecule has 0 amide bonds. The number of rotatable bonds is 4. The molecular weight excluding hydrogens is 236 g/mol. The van der Waals surface area contributed by atoms with E-state index in [2.05, 4.69) is 24.3 Å². The predicted molar refractivity (Wildman–Crippen MR) is 76.1 cm³/mol. The minimum atomic E-state index is -0.461. The summed E-state index contributed by atoms with van der Waals surface area (Å²) in [4.78, 5) is 0. The van der Waals surface area contributed by atoms with Crippen molar-refractivity contribution in [2.75, 3.05) is 13.7 Å². The van der Waals surface area contributed by atoms with Crippen LogP contribution in [0.25, 0.3) is 0 Å². The highest BCUT2D eigenvalue weighted by atomic mass is 16.5. The fourth-order valence-corrected chi connectivity index (χ4v) is 4.19. The van der Waals surface area contributed by atoms with Gasteiger partial charge in [-0.1, -0.05) is 24.3 Å². The smallest absolute Gasteiger partial charge is 0.0711 e. The highest BCUT2D eigenvalue weighted by molar-refractivity contribution is 5.31. The Bertz CT molecular complexity index is 408. The quantitative estimate of drug-likeness (QED) is 0.843. The molecule has 2 aliphatic rings. The summed E-state index contributed by atoms with van der Waals surface area (Å²) in [5, 5.41) is 11.2. The molecule has 0 aliphatic heterocycles. The molecule has 104 valence electrons. The third kappa shape index (κ3) is 2.32. The van der Waals surface area contributed by atoms with E-state index in [0.29, 0.717) is 11.8 Å². The van der Waals surface area contributed by atoms with Gasteiger partial charge < -0.3 is 9.84 Å². The Morgan fingerprint density at radius 2 is 1.74 bits per heavy atom. The lowest BCUT2D eigenvalue weighted by molar-refractivity contribution is -0.0459. The van der Waals surface area contributed by atoms with Gasteiger partial charge in [0, 0.05) is 13.7 Å². The Hall–Kier alpha value is -0.860. The molecule has 1 aromatic rings. The standard InChI is InChI=1S/C17H24O2/c1-19-10-4-9-17(18)15-7-8-16(17)12-14-6-3-2-5-13(14)11-15/h2-3,5-6,15-16,18H,4,7-12H2,1H3. The van der Waals surface area contributed by atoms with E-state index < -0.39 is 5.60 Å². The predicted octanol–water partition coefficient (Wildman–Crippen LogP) is 2.97. The monoisotopic (exact) mass is 260 g/mol. The van der Waals surface area contributed by atoms with Gasteiger partial charge in [0.15, 0.2) is 0 Å². The van der Waals surface area contributed by atoms with Gasteiger partial charge >= 0.3 is 0 Å². The van der Waals surface area contributed by atoms with E-state index >= 15 is 0 Å². The van der Waals surface area contributed by atoms with Crippen LogP contribution in [0.15, 0.2) is 24.3 Å². The van der Waals surface area contributed by atoms with Crippen molar-refractivity contribution in [3.63, 3.8) is 0 Å². The number of aliphatic hydroxyl groups is 1. The van der Waals surface area contributed by atoms with Crippen LogP contribution in [-0.4, -0.2) is 24.4 Å². The van der Waals surface area contributed by atoms with Gasteiger partial charge in [0.1, 0.15) is 0 Å². The normalized spacial score (nSPS) is 32.9. The molecule has 1 fully saturated rings. The van der Waals surface area contributed by atoms with Crippen molar-refractivity contribution in [3.8, 4) is 0 Å². The number of hydrogen-bond acceptors (Lipinski definition) is 2. The third-order valence-corrected chi connectivity index (χ3v) is 5.25. The van der Waals surface area contributed by atoms with Crippen molar-refractivity contribution in [2.45, 2.75) is 44.1 Å². The van der Waals surface area contributed by atoms with Crippen LogP contribution in [0.4, 0.5) is 0 Å². The van der Waals surface area contributed by atoms with E-state index in [9.17, 15) is 5.11 Å². The van der Waals surface area contributed by atoms with Crippen LogP contribution in [0, 0.1) is 11.8 Å². The molecule has 2 bridgehead atoms. The van der Waals surface area contributed by atoms with Gasteiger partial charge in [-0.05, 0) is 61.5 Å². The second-order valence-electron chi connectivity index (χ2n) is 6.24. The van der Waals surface area contributed by atoms with E-state index in [0.717, 1.165) is 32.3 Å². The molecule has 2 heteroatoms. The first-order valence-electron chi connectivity index (χ1n) is 7.52. The molecule has 2 nitrogen and oxygen atoms in total. The molecule has 0 saturated heterocycles. The minimum Gasteiger partial charge on any atom is -0.389 e. The maximum atomic E-state index is 11.2. The largest absolute Gasteiger partial charge is 0.389 e. The summed E-state index contributed by atoms with van der Waals surface area (Å²) in [6, 6.07) is 8.74. The molecule has 1 saturated carbocycles. The average Bonchev–Trinajstić information content (AvgIpc) is 2.62. The van der Waals surface area contributed by atoms with E-state index in [1.807, 2.05) is 0 Å². The first kappa shape index (κ1) is 13.1. The number of hydrogen-bond donors (Lipinski definition) is 1. The van der Waals surface area contributed by atoms with E-state index in [1.165, 1.54) is 24.0 Å². The van der Waals surface area contributed by atoms with Gasteiger partial charge in [0.2, 0.25) is 0 Å². The molecule has 0 spiro atoms. The summed E-state index contributed by atoms with van der Waals surface area (Å²) in [6.07, 6.45) is 6.33. The number of benzene rings is 1. The Morgan fingerprint density at radius 3 is 2.26 bits per heavy atom. The van der Waals surface area contributed by atoms with Gasteiger partial charge in [0.25, 0.3) is 0 Å². The summed E-state index contributed by atoms with van der Waals surface area (Å²) < 4.78 is 5.15. The molecule has 0 heterocycles. The lowest BCUT2D eigenvalue weighted by Crippen LogP contribution is -2.40. The first-order valence-corrected chi connectivity index (χ1v) is 7.52. The molecule has 1 N–H and O–H groups in total. The van der Waals surface area contributed by atoms with Gasteiger partial charge in [-0.25, -0.2) is 0 Å². The SMILES string of the molecule is COCCCC1(O)C2CCC1Cc1ccccc1C2. The minimum absolute atomic E-state index is 0.443. The van der Waals surface area contributed by atoms with Crippen LogP contribution in [0.2, 0.25) is 0 Å². The van der Waals surface area contributed by atoms with Crippen LogP contribution in [-0.2, 0) is 17.6 Å². The highest BCUT2D eigenvalue weighted by Crippen LogP contribution is 2.49. The van der Waals surface area contributed by atoms with Crippen molar-refractivity contribution < 1.29 is 9.84 Å². The maximum absolute atomic E-state index is 11.2. The Morgan fingerprint density at radius 1 is 1.16 bits per heavy atom. The Kier molecular flexibility index (Phi) is 3.64. The first-order chi connectivity index (χ1) is 9.24. The number of fused-ring (bicyclic) bond motifs is 3. The molecule has 3 rings (SSSR count). The summed E-state index contributed by atoms with van der Waals surface area (Å²) in [7, 11) is 1.74. The zero-order chi connectivity index (χ0) is 13.3. The highest BCUT2D eigenvalue weighted by Gasteiger charge is 2.49. The van der Waals surface area contributed by atoms with Crippen LogP contribution >= 0.6 is 0 Å². The van der Waals surface area contributed by atoms with Crippen molar-refractivity contribution >= 4 is 0 Å². The van der Waals surface area contributed by atoms with Crippen LogP contribution in [0.5, 0.6) is 0 Å². The van der Waals surface area contributed by atoms with Gasteiger partial charge in [0.05, 0.1) is 5.60 Å². The van der Waals surface area contributed by atoms with Crippen molar-refractivity contribution in [3.05, 3.63) is 35.4 Å². The molecular formula is C17H24O2. The second-order valence-corrected chi connectivity index (χ2v) is 6.24. The summed E-state index contributed by atoms with van der Waals surface area (Å²) in [5.74, 6) is 0.885. The molecule has 0 aromatic heterocycles. The third-order valence-electron chi connectivity index (χ3n) is 5.25. The summed E-state index contributed by atoms with van der Waals surface area (Å²) >= 11 is 0. The Balaban J connectivity index is 1.82. The summed E-state index contributed by atoms with van der Waals surface area (Å²) in [6.45, 7) is 0.759. The number of methoxy groups -OCH3 is 1.